The van der Waals surface area contributed by atoms with Crippen LogP contribution in [0.25, 0.3) is 31.3 Å². The molecule has 0 aliphatic carbocycles. The van der Waals surface area contributed by atoms with E-state index in [-0.39, 0.29) is 5.52 Å². The van der Waals surface area contributed by atoms with E-state index in [9.17, 15) is 8.78 Å². The molecule has 0 aliphatic heterocycles. The van der Waals surface area contributed by atoms with Crippen LogP contribution in [0, 0.1) is 11.6 Å². The Hall–Kier alpha value is -3.70. The normalized spacial score (nSPS) is 11.5. The highest BCUT2D eigenvalue weighted by Crippen LogP contribution is 2.33. The van der Waals surface area contributed by atoms with Crippen LogP contribution >= 0.6 is 22.7 Å². The number of thiophene rings is 1. The molecule has 4 heterocycles. The summed E-state index contributed by atoms with van der Waals surface area (Å²) in [6.07, 6.45) is 1.75. The number of anilines is 4. The summed E-state index contributed by atoms with van der Waals surface area (Å²) < 4.78 is 28.8. The molecule has 3 N–H and O–H groups in total. The second kappa shape index (κ2) is 6.93. The third-order valence-corrected chi connectivity index (χ3v) is 6.47. The van der Waals surface area contributed by atoms with Gasteiger partial charge in [0, 0.05) is 17.1 Å². The molecule has 152 valence electrons. The lowest BCUT2D eigenvalue weighted by atomic mass is 10.2. The van der Waals surface area contributed by atoms with Gasteiger partial charge in [-0.25, -0.2) is 18.7 Å². The molecule has 0 radical (unpaired) electrons. The lowest BCUT2D eigenvalue weighted by Crippen LogP contribution is -2.01. The molecular formula is C20H11F2N7S2. The highest BCUT2D eigenvalue weighted by atomic mass is 32.1. The van der Waals surface area contributed by atoms with E-state index in [1.165, 1.54) is 17.4 Å². The number of halogens is 2. The fourth-order valence-corrected chi connectivity index (χ4v) is 4.94. The molecule has 11 heteroatoms. The van der Waals surface area contributed by atoms with Crippen LogP contribution in [0.15, 0.2) is 48.0 Å². The van der Waals surface area contributed by atoms with E-state index in [4.69, 9.17) is 0 Å². The van der Waals surface area contributed by atoms with Crippen molar-refractivity contribution in [1.82, 2.24) is 25.1 Å². The highest BCUT2D eigenvalue weighted by Gasteiger charge is 2.14. The first-order valence-electron chi connectivity index (χ1n) is 9.10. The van der Waals surface area contributed by atoms with Crippen LogP contribution in [-0.2, 0) is 0 Å². The summed E-state index contributed by atoms with van der Waals surface area (Å²) in [4.78, 5) is 13.3. The van der Waals surface area contributed by atoms with Gasteiger partial charge in [-0.15, -0.1) is 11.3 Å². The molecule has 0 amide bonds. The average molecular weight is 451 g/mol. The van der Waals surface area contributed by atoms with Crippen LogP contribution in [0.1, 0.15) is 0 Å². The molecule has 0 atom stereocenters. The molecule has 0 aliphatic rings. The van der Waals surface area contributed by atoms with Crippen molar-refractivity contribution in [3.05, 3.63) is 59.6 Å². The first-order chi connectivity index (χ1) is 15.1. The van der Waals surface area contributed by atoms with Gasteiger partial charge < -0.3 is 5.32 Å². The summed E-state index contributed by atoms with van der Waals surface area (Å²) >= 11 is 2.65. The number of hydrogen-bond donors (Lipinski definition) is 3. The van der Waals surface area contributed by atoms with E-state index in [1.54, 1.807) is 6.20 Å². The van der Waals surface area contributed by atoms with E-state index in [0.717, 1.165) is 44.2 Å². The Labute approximate surface area is 180 Å². The van der Waals surface area contributed by atoms with Crippen LogP contribution in [0.4, 0.5) is 31.4 Å². The van der Waals surface area contributed by atoms with E-state index in [0.29, 0.717) is 21.6 Å². The minimum atomic E-state index is -0.703. The monoisotopic (exact) mass is 451 g/mol. The Morgan fingerprint density at radius 1 is 0.968 bits per heavy atom. The quantitative estimate of drug-likeness (QED) is 0.307. The molecule has 0 saturated heterocycles. The number of aromatic nitrogens is 5. The first kappa shape index (κ1) is 18.1. The molecule has 6 rings (SSSR count). The number of nitrogens with zero attached hydrogens (tertiary/aromatic N) is 4. The summed E-state index contributed by atoms with van der Waals surface area (Å²) in [5.41, 5.74) is 2.66. The van der Waals surface area contributed by atoms with Gasteiger partial charge in [0.25, 0.3) is 0 Å². The molecule has 31 heavy (non-hydrogen) atoms. The molecule has 2 aromatic carbocycles. The number of aromatic amines is 1. The zero-order valence-corrected chi connectivity index (χ0v) is 17.1. The number of rotatable bonds is 4. The van der Waals surface area contributed by atoms with Crippen molar-refractivity contribution in [2.24, 2.45) is 0 Å². The van der Waals surface area contributed by atoms with Crippen molar-refractivity contribution in [2.75, 3.05) is 10.6 Å². The molecule has 7 nitrogen and oxygen atoms in total. The maximum Gasteiger partial charge on any atom is 0.231 e. The zero-order valence-electron chi connectivity index (χ0n) is 15.5. The SMILES string of the molecule is Fc1cc(F)c2nc(Nc3nc(Nc4ccc5[nH]ncc5c4)c4sccc4n3)sc2c1. The van der Waals surface area contributed by atoms with E-state index in [1.807, 2.05) is 29.6 Å². The zero-order chi connectivity index (χ0) is 20.9. The summed E-state index contributed by atoms with van der Waals surface area (Å²) in [6, 6.07) is 9.80. The van der Waals surface area contributed by atoms with E-state index >= 15 is 0 Å². The van der Waals surface area contributed by atoms with Crippen molar-refractivity contribution < 1.29 is 8.78 Å². The number of thiazole rings is 1. The van der Waals surface area contributed by atoms with Gasteiger partial charge in [-0.1, -0.05) is 11.3 Å². The third kappa shape index (κ3) is 3.23. The number of H-pyrrole nitrogens is 1. The Kier molecular flexibility index (Phi) is 4.04. The second-order valence-corrected chi connectivity index (χ2v) is 8.65. The number of benzene rings is 2. The van der Waals surface area contributed by atoms with Crippen LogP contribution in [0.3, 0.4) is 0 Å². The molecular weight excluding hydrogens is 440 g/mol. The summed E-state index contributed by atoms with van der Waals surface area (Å²) in [7, 11) is 0. The molecule has 0 saturated carbocycles. The highest BCUT2D eigenvalue weighted by molar-refractivity contribution is 7.22. The molecule has 0 fully saturated rings. The number of nitrogens with one attached hydrogen (secondary N) is 3. The molecule has 0 bridgehead atoms. The Morgan fingerprint density at radius 2 is 1.90 bits per heavy atom. The van der Waals surface area contributed by atoms with Crippen molar-refractivity contribution in [1.29, 1.82) is 0 Å². The topological polar surface area (TPSA) is 91.4 Å². The Balaban J connectivity index is 1.38. The minimum absolute atomic E-state index is 0.109. The van der Waals surface area contributed by atoms with Gasteiger partial charge in [0.2, 0.25) is 5.95 Å². The summed E-state index contributed by atoms with van der Waals surface area (Å²) in [5.74, 6) is -0.413. The third-order valence-electron chi connectivity index (χ3n) is 4.64. The van der Waals surface area contributed by atoms with Gasteiger partial charge in [-0.3, -0.25) is 10.4 Å². The maximum absolute atomic E-state index is 14.0. The smallest absolute Gasteiger partial charge is 0.231 e. The number of hydrogen-bond acceptors (Lipinski definition) is 8. The van der Waals surface area contributed by atoms with Gasteiger partial charge in [-0.05, 0) is 35.7 Å². The van der Waals surface area contributed by atoms with Crippen LogP contribution in [0.5, 0.6) is 0 Å². The predicted octanol–water partition coefficient (Wildman–Crippen LogP) is 5.94. The van der Waals surface area contributed by atoms with Gasteiger partial charge >= 0.3 is 0 Å². The van der Waals surface area contributed by atoms with Gasteiger partial charge in [0.1, 0.15) is 11.3 Å². The maximum atomic E-state index is 14.0. The van der Waals surface area contributed by atoms with Crippen molar-refractivity contribution in [2.45, 2.75) is 0 Å². The lowest BCUT2D eigenvalue weighted by molar-refractivity contribution is 0.591. The summed E-state index contributed by atoms with van der Waals surface area (Å²) in [6.45, 7) is 0. The largest absolute Gasteiger partial charge is 0.339 e. The molecule has 0 spiro atoms. The Bertz CT molecular complexity index is 1590. The van der Waals surface area contributed by atoms with Gasteiger partial charge in [-0.2, -0.15) is 10.1 Å². The molecule has 0 unspecified atom stereocenters. The fourth-order valence-electron chi connectivity index (χ4n) is 3.27. The lowest BCUT2D eigenvalue weighted by Gasteiger charge is -2.09. The molecule has 4 aromatic heterocycles. The number of fused-ring (bicyclic) bond motifs is 3. The van der Waals surface area contributed by atoms with Crippen molar-refractivity contribution in [3.8, 4) is 0 Å². The van der Waals surface area contributed by atoms with E-state index < -0.39 is 11.6 Å². The average Bonchev–Trinajstić information content (AvgIpc) is 3.46. The molecule has 6 aromatic rings. The van der Waals surface area contributed by atoms with Gasteiger partial charge in [0.05, 0.1) is 26.6 Å². The standard InChI is InChI=1S/C20H11F2N7S2/c21-10-6-12(22)16-15(7-10)31-20(26-16)28-19-25-14-3-4-30-17(14)18(27-19)24-11-1-2-13-9(5-11)8-23-29-13/h1-8H,(H,23,29)(H2,24,25,26,27,28). The van der Waals surface area contributed by atoms with Gasteiger partial charge in [0.15, 0.2) is 16.8 Å². The van der Waals surface area contributed by atoms with Crippen LogP contribution in [0.2, 0.25) is 0 Å². The summed E-state index contributed by atoms with van der Waals surface area (Å²) in [5, 5.41) is 16.6. The van der Waals surface area contributed by atoms with Crippen LogP contribution in [-0.4, -0.2) is 25.1 Å². The van der Waals surface area contributed by atoms with Crippen molar-refractivity contribution in [3.63, 3.8) is 0 Å². The second-order valence-electron chi connectivity index (χ2n) is 6.71. The first-order valence-corrected chi connectivity index (χ1v) is 10.8. The van der Waals surface area contributed by atoms with Crippen molar-refractivity contribution >= 4 is 76.6 Å². The fraction of sp³-hybridized carbons (Fsp3) is 0. The minimum Gasteiger partial charge on any atom is -0.339 e. The van der Waals surface area contributed by atoms with E-state index in [2.05, 4.69) is 35.8 Å². The Morgan fingerprint density at radius 3 is 2.84 bits per heavy atom. The predicted molar refractivity (Wildman–Crippen MR) is 120 cm³/mol. The van der Waals surface area contributed by atoms with Crippen LogP contribution < -0.4 is 10.6 Å².